The Morgan fingerprint density at radius 2 is 1.81 bits per heavy atom. The number of piperidine rings is 3. The molecule has 3 saturated heterocycles. The van der Waals surface area contributed by atoms with Gasteiger partial charge in [0, 0.05) is 25.6 Å². The summed E-state index contributed by atoms with van der Waals surface area (Å²) in [4.78, 5) is 14.7. The van der Waals surface area contributed by atoms with E-state index in [1.54, 1.807) is 4.90 Å². The SMILES string of the molecule is COCC1(CO)C(=O)C2(C(C)(C)C(F)(F)F)CCN1CC2. The van der Waals surface area contributed by atoms with Gasteiger partial charge in [0.1, 0.15) is 5.54 Å². The first-order chi connectivity index (χ1) is 9.59. The number of ketones is 1. The Balaban J connectivity index is 2.52. The van der Waals surface area contributed by atoms with Crippen LogP contribution in [-0.2, 0) is 9.53 Å². The summed E-state index contributed by atoms with van der Waals surface area (Å²) in [6.07, 6.45) is -4.13. The van der Waals surface area contributed by atoms with E-state index in [4.69, 9.17) is 4.74 Å². The monoisotopic (exact) mass is 309 g/mol. The van der Waals surface area contributed by atoms with Crippen molar-refractivity contribution in [1.29, 1.82) is 0 Å². The van der Waals surface area contributed by atoms with Crippen molar-refractivity contribution in [2.45, 2.75) is 38.4 Å². The predicted molar refractivity (Wildman–Crippen MR) is 69.8 cm³/mol. The van der Waals surface area contributed by atoms with Crippen LogP contribution < -0.4 is 0 Å². The molecular formula is C14H22F3NO3. The number of hydrogen-bond donors (Lipinski definition) is 1. The standard InChI is InChI=1S/C14H22F3NO3/c1-11(2,14(15,16)17)12-4-6-18(7-5-12)13(8-19,9-21-3)10(12)20/h19H,4-9H2,1-3H3. The van der Waals surface area contributed by atoms with Crippen molar-refractivity contribution < 1.29 is 27.8 Å². The van der Waals surface area contributed by atoms with Crippen molar-refractivity contribution in [1.82, 2.24) is 4.90 Å². The van der Waals surface area contributed by atoms with Gasteiger partial charge >= 0.3 is 6.18 Å². The van der Waals surface area contributed by atoms with Crippen LogP contribution in [0, 0.1) is 10.8 Å². The lowest BCUT2D eigenvalue weighted by atomic mass is 9.51. The van der Waals surface area contributed by atoms with Crippen LogP contribution in [0.15, 0.2) is 0 Å². The van der Waals surface area contributed by atoms with Crippen molar-refractivity contribution in [2.24, 2.45) is 10.8 Å². The van der Waals surface area contributed by atoms with Crippen LogP contribution in [0.1, 0.15) is 26.7 Å². The van der Waals surface area contributed by atoms with Gasteiger partial charge in [-0.05, 0) is 12.8 Å². The molecule has 0 radical (unpaired) electrons. The molecule has 0 saturated carbocycles. The Bertz CT molecular complexity index is 428. The van der Waals surface area contributed by atoms with Crippen LogP contribution >= 0.6 is 0 Å². The largest absolute Gasteiger partial charge is 0.394 e. The number of aliphatic hydroxyl groups is 1. The minimum Gasteiger partial charge on any atom is -0.394 e. The zero-order valence-electron chi connectivity index (χ0n) is 12.6. The van der Waals surface area contributed by atoms with Crippen molar-refractivity contribution >= 4 is 5.78 Å². The summed E-state index contributed by atoms with van der Waals surface area (Å²) in [6.45, 7) is 2.33. The van der Waals surface area contributed by atoms with E-state index in [0.29, 0.717) is 13.1 Å². The number of rotatable bonds is 4. The molecule has 3 heterocycles. The van der Waals surface area contributed by atoms with Crippen LogP contribution in [-0.4, -0.2) is 60.9 Å². The maximum atomic E-state index is 13.5. The molecular weight excluding hydrogens is 287 g/mol. The summed E-state index contributed by atoms with van der Waals surface area (Å²) in [7, 11) is 1.38. The molecule has 1 atom stereocenters. The number of carbonyl (C=O) groups excluding carboxylic acids is 1. The second kappa shape index (κ2) is 4.93. The van der Waals surface area contributed by atoms with Gasteiger partial charge < -0.3 is 9.84 Å². The van der Waals surface area contributed by atoms with Gasteiger partial charge in [0.05, 0.1) is 18.6 Å². The molecule has 1 unspecified atom stereocenters. The third-order valence-electron chi connectivity index (χ3n) is 5.63. The Morgan fingerprint density at radius 3 is 2.19 bits per heavy atom. The topological polar surface area (TPSA) is 49.8 Å². The zero-order valence-corrected chi connectivity index (χ0v) is 12.6. The van der Waals surface area contributed by atoms with E-state index in [0.717, 1.165) is 13.8 Å². The highest BCUT2D eigenvalue weighted by Gasteiger charge is 2.71. The van der Waals surface area contributed by atoms with Crippen molar-refractivity contribution in [2.75, 3.05) is 33.4 Å². The van der Waals surface area contributed by atoms with Gasteiger partial charge in [-0.1, -0.05) is 13.8 Å². The second-order valence-electron chi connectivity index (χ2n) is 6.64. The Morgan fingerprint density at radius 1 is 1.29 bits per heavy atom. The minimum absolute atomic E-state index is 0.0853. The number of carbonyl (C=O) groups is 1. The highest BCUT2D eigenvalue weighted by Crippen LogP contribution is 2.60. The molecule has 2 bridgehead atoms. The molecule has 3 aliphatic heterocycles. The van der Waals surface area contributed by atoms with Crippen LogP contribution in [0.25, 0.3) is 0 Å². The summed E-state index contributed by atoms with van der Waals surface area (Å²) >= 11 is 0. The predicted octanol–water partition coefficient (Wildman–Crippen LogP) is 1.62. The first-order valence-corrected chi connectivity index (χ1v) is 7.05. The van der Waals surface area contributed by atoms with Crippen LogP contribution in [0.5, 0.6) is 0 Å². The summed E-state index contributed by atoms with van der Waals surface area (Å²) in [5, 5.41) is 9.72. The van der Waals surface area contributed by atoms with Crippen LogP contribution in [0.4, 0.5) is 13.2 Å². The molecule has 7 heteroatoms. The molecule has 0 spiro atoms. The molecule has 3 fully saturated rings. The number of alkyl halides is 3. The normalized spacial score (nSPS) is 37.1. The van der Waals surface area contributed by atoms with Gasteiger partial charge in [0.15, 0.2) is 5.78 Å². The molecule has 0 aromatic rings. The van der Waals surface area contributed by atoms with E-state index in [1.165, 1.54) is 7.11 Å². The van der Waals surface area contributed by atoms with E-state index in [-0.39, 0.29) is 19.4 Å². The van der Waals surface area contributed by atoms with E-state index < -0.39 is 34.9 Å². The number of fused-ring (bicyclic) bond motifs is 3. The van der Waals surface area contributed by atoms with Gasteiger partial charge in [-0.15, -0.1) is 0 Å². The lowest BCUT2D eigenvalue weighted by molar-refractivity contribution is -0.269. The summed E-state index contributed by atoms with van der Waals surface area (Å²) < 4.78 is 45.6. The van der Waals surface area contributed by atoms with Gasteiger partial charge in [-0.2, -0.15) is 13.2 Å². The molecule has 0 aromatic carbocycles. The van der Waals surface area contributed by atoms with E-state index in [9.17, 15) is 23.1 Å². The summed E-state index contributed by atoms with van der Waals surface area (Å²) in [6, 6.07) is 0. The molecule has 0 amide bonds. The Labute approximate surface area is 122 Å². The first kappa shape index (κ1) is 16.7. The number of Topliss-reactive ketones (excluding diaryl/α,β-unsaturated/α-hetero) is 1. The number of methoxy groups -OCH3 is 1. The molecule has 3 rings (SSSR count). The third kappa shape index (κ3) is 1.97. The van der Waals surface area contributed by atoms with Crippen LogP contribution in [0.3, 0.4) is 0 Å². The van der Waals surface area contributed by atoms with E-state index >= 15 is 0 Å². The van der Waals surface area contributed by atoms with Gasteiger partial charge in [-0.3, -0.25) is 9.69 Å². The third-order valence-corrected chi connectivity index (χ3v) is 5.63. The number of nitrogens with zero attached hydrogens (tertiary/aromatic N) is 1. The maximum absolute atomic E-state index is 13.5. The lowest BCUT2D eigenvalue weighted by Crippen LogP contribution is -2.76. The van der Waals surface area contributed by atoms with E-state index in [2.05, 4.69) is 0 Å². The van der Waals surface area contributed by atoms with Gasteiger partial charge in [0.25, 0.3) is 0 Å². The average Bonchev–Trinajstić information content (AvgIpc) is 2.42. The Kier molecular flexibility index (Phi) is 3.92. The minimum atomic E-state index is -4.48. The first-order valence-electron chi connectivity index (χ1n) is 7.05. The molecule has 4 nitrogen and oxygen atoms in total. The smallest absolute Gasteiger partial charge is 0.394 e. The maximum Gasteiger partial charge on any atom is 0.394 e. The number of aliphatic hydroxyl groups excluding tert-OH is 1. The van der Waals surface area contributed by atoms with Gasteiger partial charge in [0.2, 0.25) is 0 Å². The molecule has 1 N–H and O–H groups in total. The van der Waals surface area contributed by atoms with Crippen molar-refractivity contribution in [3.8, 4) is 0 Å². The quantitative estimate of drug-likeness (QED) is 0.857. The van der Waals surface area contributed by atoms with Crippen molar-refractivity contribution in [3.05, 3.63) is 0 Å². The molecule has 3 aliphatic rings. The molecule has 122 valence electrons. The second-order valence-corrected chi connectivity index (χ2v) is 6.64. The number of halogens is 3. The zero-order chi connectivity index (χ0) is 16.1. The molecule has 0 aromatic heterocycles. The summed E-state index contributed by atoms with van der Waals surface area (Å²) in [5.74, 6) is -0.529. The fraction of sp³-hybridized carbons (Fsp3) is 0.929. The Hall–Kier alpha value is -0.660. The molecule has 0 aliphatic carbocycles. The van der Waals surface area contributed by atoms with E-state index in [1.807, 2.05) is 0 Å². The summed E-state index contributed by atoms with van der Waals surface area (Å²) in [5.41, 5.74) is -4.95. The fourth-order valence-corrected chi connectivity index (χ4v) is 3.93. The number of hydrogen-bond acceptors (Lipinski definition) is 4. The lowest BCUT2D eigenvalue weighted by Gasteiger charge is -2.61. The highest BCUT2D eigenvalue weighted by molar-refractivity contribution is 5.96. The fourth-order valence-electron chi connectivity index (χ4n) is 3.93. The highest BCUT2D eigenvalue weighted by atomic mass is 19.4. The molecule has 21 heavy (non-hydrogen) atoms. The van der Waals surface area contributed by atoms with Crippen LogP contribution in [0.2, 0.25) is 0 Å². The van der Waals surface area contributed by atoms with Crippen molar-refractivity contribution in [3.63, 3.8) is 0 Å². The number of ether oxygens (including phenoxy) is 1. The van der Waals surface area contributed by atoms with Gasteiger partial charge in [-0.25, -0.2) is 0 Å². The average molecular weight is 309 g/mol.